The number of anilines is 1. The number of carbonyl (C=O) groups is 1. The molecule has 0 spiro atoms. The normalized spacial score (nSPS) is 18.3. The number of amides is 1. The molecule has 1 amide bonds. The highest BCUT2D eigenvalue weighted by molar-refractivity contribution is 8.18. The molecule has 0 N–H and O–H groups in total. The zero-order valence-electron chi connectivity index (χ0n) is 15.3. The number of benzene rings is 2. The van der Waals surface area contributed by atoms with E-state index in [2.05, 4.69) is 4.99 Å². The lowest BCUT2D eigenvalue weighted by molar-refractivity contribution is -0.384. The third kappa shape index (κ3) is 4.14. The van der Waals surface area contributed by atoms with Crippen LogP contribution in [0.15, 0.2) is 58.4 Å². The van der Waals surface area contributed by atoms with Gasteiger partial charge >= 0.3 is 0 Å². The van der Waals surface area contributed by atoms with Gasteiger partial charge in [0.15, 0.2) is 5.17 Å². The van der Waals surface area contributed by atoms with E-state index in [1.807, 2.05) is 15.9 Å². The number of carbonyl (C=O) groups excluding carboxylic acids is 1. The molecule has 148 valence electrons. The van der Waals surface area contributed by atoms with Gasteiger partial charge in [0.05, 0.1) is 15.5 Å². The lowest BCUT2D eigenvalue weighted by Gasteiger charge is -2.36. The molecule has 0 aromatic heterocycles. The number of nitrogens with zero attached hydrogens (tertiary/aromatic N) is 4. The smallest absolute Gasteiger partial charge is 0.286 e. The summed E-state index contributed by atoms with van der Waals surface area (Å²) in [6.45, 7) is 2.49. The summed E-state index contributed by atoms with van der Waals surface area (Å²) < 4.78 is 14.0. The molecule has 0 saturated carbocycles. The number of piperazine rings is 1. The highest BCUT2D eigenvalue weighted by Gasteiger charge is 2.29. The molecule has 2 heterocycles. The molecule has 29 heavy (non-hydrogen) atoms. The molecule has 0 radical (unpaired) electrons. The van der Waals surface area contributed by atoms with E-state index in [4.69, 9.17) is 0 Å². The third-order valence-electron chi connectivity index (χ3n) is 4.73. The Morgan fingerprint density at radius 1 is 1.07 bits per heavy atom. The fourth-order valence-corrected chi connectivity index (χ4v) is 4.22. The van der Waals surface area contributed by atoms with E-state index in [1.165, 1.54) is 30.0 Å². The second kappa shape index (κ2) is 8.04. The molecule has 7 nitrogen and oxygen atoms in total. The summed E-state index contributed by atoms with van der Waals surface area (Å²) in [6.07, 6.45) is 1.62. The summed E-state index contributed by atoms with van der Waals surface area (Å²) in [5, 5.41) is 11.5. The monoisotopic (exact) mass is 412 g/mol. The number of amidine groups is 1. The second-order valence-corrected chi connectivity index (χ2v) is 7.60. The van der Waals surface area contributed by atoms with E-state index >= 15 is 0 Å². The molecule has 4 rings (SSSR count). The van der Waals surface area contributed by atoms with Crippen LogP contribution in [0.3, 0.4) is 0 Å². The first kappa shape index (κ1) is 19.1. The van der Waals surface area contributed by atoms with Crippen molar-refractivity contribution in [2.75, 3.05) is 31.1 Å². The van der Waals surface area contributed by atoms with Gasteiger partial charge in [-0.25, -0.2) is 4.39 Å². The number of aliphatic imine (C=N–C) groups is 1. The first-order chi connectivity index (χ1) is 14.0. The van der Waals surface area contributed by atoms with Gasteiger partial charge in [0.25, 0.3) is 11.6 Å². The minimum absolute atomic E-state index is 0.0276. The summed E-state index contributed by atoms with van der Waals surface area (Å²) in [6, 6.07) is 12.8. The van der Waals surface area contributed by atoms with Crippen LogP contribution < -0.4 is 4.90 Å². The van der Waals surface area contributed by atoms with Crippen molar-refractivity contribution >= 4 is 40.3 Å². The largest absolute Gasteiger partial charge is 0.366 e. The number of thioether (sulfide) groups is 1. The molecule has 0 atom stereocenters. The lowest BCUT2D eigenvalue weighted by atomic mass is 10.2. The van der Waals surface area contributed by atoms with Crippen LogP contribution >= 0.6 is 11.8 Å². The SMILES string of the molecule is O=C1N=C(N2CCN(c3ccccc3F)CC2)S/C1=C\c1cccc([N+](=O)[O-])c1. The van der Waals surface area contributed by atoms with E-state index in [-0.39, 0.29) is 17.4 Å². The van der Waals surface area contributed by atoms with Crippen molar-refractivity contribution in [1.29, 1.82) is 0 Å². The molecule has 0 unspecified atom stereocenters. The van der Waals surface area contributed by atoms with Gasteiger partial charge < -0.3 is 9.80 Å². The average molecular weight is 412 g/mol. The highest BCUT2D eigenvalue weighted by Crippen LogP contribution is 2.31. The van der Waals surface area contributed by atoms with Crippen molar-refractivity contribution in [3.63, 3.8) is 0 Å². The van der Waals surface area contributed by atoms with Crippen LogP contribution in [0, 0.1) is 15.9 Å². The van der Waals surface area contributed by atoms with Gasteiger partial charge in [0, 0.05) is 38.3 Å². The lowest BCUT2D eigenvalue weighted by Crippen LogP contribution is -2.48. The minimum Gasteiger partial charge on any atom is -0.366 e. The van der Waals surface area contributed by atoms with Gasteiger partial charge in [-0.1, -0.05) is 24.3 Å². The van der Waals surface area contributed by atoms with Crippen molar-refractivity contribution < 1.29 is 14.1 Å². The summed E-state index contributed by atoms with van der Waals surface area (Å²) in [5.74, 6) is -0.598. The Morgan fingerprint density at radius 3 is 2.52 bits per heavy atom. The van der Waals surface area contributed by atoms with E-state index < -0.39 is 4.92 Å². The molecule has 2 aromatic carbocycles. The molecule has 9 heteroatoms. The summed E-state index contributed by atoms with van der Waals surface area (Å²) in [4.78, 5) is 31.3. The molecular formula is C20H17FN4O3S. The zero-order chi connectivity index (χ0) is 20.4. The number of nitro benzene ring substituents is 1. The third-order valence-corrected chi connectivity index (χ3v) is 5.78. The van der Waals surface area contributed by atoms with Crippen LogP contribution in [0.5, 0.6) is 0 Å². The quantitative estimate of drug-likeness (QED) is 0.436. The zero-order valence-corrected chi connectivity index (χ0v) is 16.1. The maximum Gasteiger partial charge on any atom is 0.286 e. The van der Waals surface area contributed by atoms with Crippen molar-refractivity contribution in [2.24, 2.45) is 4.99 Å². The van der Waals surface area contributed by atoms with Crippen LogP contribution in [-0.4, -0.2) is 47.1 Å². The second-order valence-electron chi connectivity index (χ2n) is 6.59. The molecule has 0 aliphatic carbocycles. The number of para-hydroxylation sites is 1. The van der Waals surface area contributed by atoms with Gasteiger partial charge in [0.1, 0.15) is 5.82 Å². The molecular weight excluding hydrogens is 395 g/mol. The minimum atomic E-state index is -0.470. The molecule has 0 bridgehead atoms. The van der Waals surface area contributed by atoms with Gasteiger partial charge in [-0.2, -0.15) is 4.99 Å². The van der Waals surface area contributed by atoms with Crippen molar-refractivity contribution in [3.05, 3.63) is 74.9 Å². The molecule has 2 aliphatic rings. The fourth-order valence-electron chi connectivity index (χ4n) is 3.26. The molecule has 1 saturated heterocycles. The van der Waals surface area contributed by atoms with Crippen LogP contribution in [-0.2, 0) is 4.79 Å². The van der Waals surface area contributed by atoms with Crippen molar-refractivity contribution in [1.82, 2.24) is 4.90 Å². The predicted octanol–water partition coefficient (Wildman–Crippen LogP) is 3.53. The Labute approximate surface area is 170 Å². The molecule has 2 aliphatic heterocycles. The van der Waals surface area contributed by atoms with Crippen LogP contribution in [0.2, 0.25) is 0 Å². The maximum absolute atomic E-state index is 14.0. The van der Waals surface area contributed by atoms with Gasteiger partial charge in [-0.05, 0) is 35.5 Å². The number of halogens is 1. The van der Waals surface area contributed by atoms with E-state index in [1.54, 1.807) is 30.3 Å². The number of non-ortho nitro benzene ring substituents is 1. The fraction of sp³-hybridized carbons (Fsp3) is 0.200. The van der Waals surface area contributed by atoms with Gasteiger partial charge in [0.2, 0.25) is 0 Å². The number of hydrogen-bond acceptors (Lipinski definition) is 6. The van der Waals surface area contributed by atoms with Crippen molar-refractivity contribution in [3.8, 4) is 0 Å². The summed E-state index contributed by atoms with van der Waals surface area (Å²) in [7, 11) is 0. The summed E-state index contributed by atoms with van der Waals surface area (Å²) >= 11 is 1.26. The standard InChI is InChI=1S/C20H17FN4O3S/c21-16-6-1-2-7-17(16)23-8-10-24(11-9-23)20-22-19(26)18(29-20)13-14-4-3-5-15(12-14)25(27)28/h1-7,12-13H,8-11H2/b18-13-. The van der Waals surface area contributed by atoms with Gasteiger partial charge in [-0.3, -0.25) is 14.9 Å². The first-order valence-corrected chi connectivity index (χ1v) is 9.84. The first-order valence-electron chi connectivity index (χ1n) is 9.03. The number of nitro groups is 1. The number of rotatable bonds is 3. The Hall–Kier alpha value is -3.20. The maximum atomic E-state index is 14.0. The number of hydrogen-bond donors (Lipinski definition) is 0. The summed E-state index contributed by atoms with van der Waals surface area (Å²) in [5.41, 5.74) is 1.13. The van der Waals surface area contributed by atoms with Gasteiger partial charge in [-0.15, -0.1) is 0 Å². The average Bonchev–Trinajstić information content (AvgIpc) is 3.09. The van der Waals surface area contributed by atoms with E-state index in [0.29, 0.717) is 47.5 Å². The topological polar surface area (TPSA) is 79.0 Å². The van der Waals surface area contributed by atoms with Crippen molar-refractivity contribution in [2.45, 2.75) is 0 Å². The van der Waals surface area contributed by atoms with Crippen LogP contribution in [0.25, 0.3) is 6.08 Å². The molecule has 2 aromatic rings. The Balaban J connectivity index is 1.42. The highest BCUT2D eigenvalue weighted by atomic mass is 32.2. The Bertz CT molecular complexity index is 1030. The predicted molar refractivity (Wildman–Crippen MR) is 111 cm³/mol. The van der Waals surface area contributed by atoms with Crippen LogP contribution in [0.1, 0.15) is 5.56 Å². The van der Waals surface area contributed by atoms with Crippen LogP contribution in [0.4, 0.5) is 15.8 Å². The van der Waals surface area contributed by atoms with E-state index in [0.717, 1.165) is 0 Å². The Kier molecular flexibility index (Phi) is 5.30. The molecule has 1 fully saturated rings. The van der Waals surface area contributed by atoms with E-state index in [9.17, 15) is 19.3 Å². The Morgan fingerprint density at radius 2 is 1.79 bits per heavy atom.